The summed E-state index contributed by atoms with van der Waals surface area (Å²) in [5.74, 6) is 1.90. The lowest BCUT2D eigenvalue weighted by atomic mass is 10.0. The van der Waals surface area contributed by atoms with Crippen LogP contribution in [-0.2, 0) is 18.6 Å². The van der Waals surface area contributed by atoms with Crippen LogP contribution in [0.2, 0.25) is 0 Å². The highest BCUT2D eigenvalue weighted by molar-refractivity contribution is 7.98. The lowest BCUT2D eigenvalue weighted by molar-refractivity contribution is 0.414. The van der Waals surface area contributed by atoms with E-state index in [2.05, 4.69) is 51.8 Å². The zero-order valence-electron chi connectivity index (χ0n) is 20.4. The van der Waals surface area contributed by atoms with E-state index >= 15 is 0 Å². The summed E-state index contributed by atoms with van der Waals surface area (Å²) in [7, 11) is 1.59. The van der Waals surface area contributed by atoms with E-state index in [-0.39, 0.29) is 0 Å². The molecule has 0 aliphatic heterocycles. The zero-order chi connectivity index (χ0) is 25.1. The number of fused-ring (bicyclic) bond motifs is 1. The van der Waals surface area contributed by atoms with Crippen LogP contribution < -0.4 is 10.4 Å². The Hall–Kier alpha value is -3.91. The lowest BCUT2D eigenvalue weighted by Crippen LogP contribution is -2.07. The largest absolute Gasteiger partial charge is 0.497 e. The van der Waals surface area contributed by atoms with Gasteiger partial charge in [0.25, 0.3) is 0 Å². The average molecular weight is 499 g/mol. The molecule has 3 aromatic heterocycles. The minimum Gasteiger partial charge on any atom is -0.497 e. The number of aromatic nitrogens is 4. The molecule has 5 aromatic rings. The summed E-state index contributed by atoms with van der Waals surface area (Å²) < 4.78 is 12.9. The van der Waals surface area contributed by atoms with Gasteiger partial charge >= 0.3 is 5.63 Å². The van der Waals surface area contributed by atoms with Crippen molar-refractivity contribution in [3.63, 3.8) is 0 Å². The molecule has 8 heteroatoms. The number of rotatable bonds is 8. The van der Waals surface area contributed by atoms with Gasteiger partial charge in [-0.2, -0.15) is 0 Å². The SMILES string of the molecule is CCc1cccc(CC)c1-n1c(SCc2cc(=O)oc3cc(OC)ccc23)nnc1-c1cccnc1. The van der Waals surface area contributed by atoms with Crippen molar-refractivity contribution in [2.45, 2.75) is 37.6 Å². The number of hydrogen-bond acceptors (Lipinski definition) is 7. The van der Waals surface area contributed by atoms with Gasteiger partial charge in [-0.25, -0.2) is 4.79 Å². The molecule has 0 aliphatic rings. The Morgan fingerprint density at radius 3 is 2.47 bits per heavy atom. The number of thioether (sulfide) groups is 1. The predicted octanol–water partition coefficient (Wildman–Crippen LogP) is 5.86. The number of pyridine rings is 1. The molecule has 0 atom stereocenters. The first-order valence-corrected chi connectivity index (χ1v) is 12.8. The van der Waals surface area contributed by atoms with Crippen LogP contribution in [0.3, 0.4) is 0 Å². The maximum atomic E-state index is 12.3. The fraction of sp³-hybridized carbons (Fsp3) is 0.214. The number of nitrogens with zero attached hydrogens (tertiary/aromatic N) is 4. The molecule has 3 heterocycles. The van der Waals surface area contributed by atoms with Crippen LogP contribution in [0.4, 0.5) is 0 Å². The first-order chi connectivity index (χ1) is 17.6. The molecule has 0 unspecified atom stereocenters. The summed E-state index contributed by atoms with van der Waals surface area (Å²) in [5, 5.41) is 10.8. The molecule has 5 rings (SSSR count). The maximum Gasteiger partial charge on any atom is 0.336 e. The second-order valence-electron chi connectivity index (χ2n) is 8.26. The predicted molar refractivity (Wildman–Crippen MR) is 142 cm³/mol. The summed E-state index contributed by atoms with van der Waals surface area (Å²) in [6.07, 6.45) is 5.31. The third-order valence-corrected chi connectivity index (χ3v) is 7.11. The summed E-state index contributed by atoms with van der Waals surface area (Å²) in [4.78, 5) is 16.6. The van der Waals surface area contributed by atoms with Crippen LogP contribution in [-0.4, -0.2) is 26.9 Å². The van der Waals surface area contributed by atoms with Crippen molar-refractivity contribution in [2.24, 2.45) is 0 Å². The third kappa shape index (κ3) is 4.52. The molecule has 0 spiro atoms. The van der Waals surface area contributed by atoms with E-state index in [0.29, 0.717) is 17.1 Å². The van der Waals surface area contributed by atoms with Crippen molar-refractivity contribution in [1.82, 2.24) is 19.7 Å². The second-order valence-corrected chi connectivity index (χ2v) is 9.20. The Balaban J connectivity index is 1.62. The van der Waals surface area contributed by atoms with Gasteiger partial charge in [-0.3, -0.25) is 9.55 Å². The highest BCUT2D eigenvalue weighted by Crippen LogP contribution is 2.34. The van der Waals surface area contributed by atoms with Gasteiger partial charge in [0.2, 0.25) is 0 Å². The first kappa shape index (κ1) is 23.8. The number of hydrogen-bond donors (Lipinski definition) is 0. The molecule has 36 heavy (non-hydrogen) atoms. The maximum absolute atomic E-state index is 12.3. The molecule has 0 saturated carbocycles. The van der Waals surface area contributed by atoms with Crippen LogP contribution in [0, 0.1) is 0 Å². The third-order valence-electron chi connectivity index (χ3n) is 6.14. The smallest absolute Gasteiger partial charge is 0.336 e. The quantitative estimate of drug-likeness (QED) is 0.196. The Morgan fingerprint density at radius 2 is 1.78 bits per heavy atom. The lowest BCUT2D eigenvalue weighted by Gasteiger charge is -2.18. The van der Waals surface area contributed by atoms with E-state index in [9.17, 15) is 4.79 Å². The van der Waals surface area contributed by atoms with E-state index in [1.165, 1.54) is 22.9 Å². The Labute approximate surface area is 213 Å². The van der Waals surface area contributed by atoms with Gasteiger partial charge in [0.05, 0.1) is 12.8 Å². The van der Waals surface area contributed by atoms with Crippen molar-refractivity contribution in [2.75, 3.05) is 7.11 Å². The molecule has 0 radical (unpaired) electrons. The normalized spacial score (nSPS) is 11.2. The molecule has 0 saturated heterocycles. The van der Waals surface area contributed by atoms with Gasteiger partial charge in [-0.15, -0.1) is 10.2 Å². The summed E-state index contributed by atoms with van der Waals surface area (Å²) in [5.41, 5.74) is 5.41. The zero-order valence-corrected chi connectivity index (χ0v) is 21.2. The number of para-hydroxylation sites is 1. The molecule has 0 fully saturated rings. The minimum atomic E-state index is -0.395. The van der Waals surface area contributed by atoms with E-state index in [1.807, 2.05) is 24.3 Å². The van der Waals surface area contributed by atoms with Crippen molar-refractivity contribution in [3.8, 4) is 22.8 Å². The van der Waals surface area contributed by atoms with E-state index in [4.69, 9.17) is 9.15 Å². The average Bonchev–Trinajstić information content (AvgIpc) is 3.34. The Bertz CT molecular complexity index is 1560. The molecule has 0 bridgehead atoms. The van der Waals surface area contributed by atoms with Gasteiger partial charge < -0.3 is 9.15 Å². The van der Waals surface area contributed by atoms with Gasteiger partial charge in [0, 0.05) is 41.2 Å². The van der Waals surface area contributed by atoms with E-state index < -0.39 is 5.63 Å². The van der Waals surface area contributed by atoms with Crippen LogP contribution in [0.15, 0.2) is 81.4 Å². The standard InChI is InChI=1S/C28H26N4O3S/c1-4-18-8-6-9-19(5-2)26(18)32-27(20-10-7-13-29-16-20)30-31-28(32)36-17-21-14-25(33)35-24-15-22(34-3)11-12-23(21)24/h6-16H,4-5,17H2,1-3H3. The van der Waals surface area contributed by atoms with Crippen molar-refractivity contribution < 1.29 is 9.15 Å². The molecule has 2 aromatic carbocycles. The first-order valence-electron chi connectivity index (χ1n) is 11.8. The summed E-state index contributed by atoms with van der Waals surface area (Å²) >= 11 is 1.54. The number of aryl methyl sites for hydroxylation is 2. The fourth-order valence-electron chi connectivity index (χ4n) is 4.35. The fourth-order valence-corrected chi connectivity index (χ4v) is 5.28. The summed E-state index contributed by atoms with van der Waals surface area (Å²) in [6.45, 7) is 4.31. The van der Waals surface area contributed by atoms with Crippen LogP contribution in [0.1, 0.15) is 30.5 Å². The monoisotopic (exact) mass is 498 g/mol. The van der Waals surface area contributed by atoms with Crippen LogP contribution in [0.5, 0.6) is 5.75 Å². The molecular formula is C28H26N4O3S. The van der Waals surface area contributed by atoms with Crippen molar-refractivity contribution in [1.29, 1.82) is 0 Å². The number of benzene rings is 2. The Morgan fingerprint density at radius 1 is 0.972 bits per heavy atom. The molecule has 0 amide bonds. The number of ether oxygens (including phenoxy) is 1. The highest BCUT2D eigenvalue weighted by Gasteiger charge is 2.21. The second kappa shape index (κ2) is 10.4. The Kier molecular flexibility index (Phi) is 6.86. The van der Waals surface area contributed by atoms with E-state index in [1.54, 1.807) is 31.6 Å². The molecular weight excluding hydrogens is 472 g/mol. The molecule has 182 valence electrons. The summed E-state index contributed by atoms with van der Waals surface area (Å²) in [6, 6.07) is 17.4. The highest BCUT2D eigenvalue weighted by atomic mass is 32.2. The topological polar surface area (TPSA) is 83.0 Å². The molecule has 0 N–H and O–H groups in total. The van der Waals surface area contributed by atoms with Gasteiger partial charge in [0.15, 0.2) is 11.0 Å². The van der Waals surface area contributed by atoms with Gasteiger partial charge in [-0.1, -0.05) is 43.8 Å². The molecule has 0 aliphatic carbocycles. The van der Waals surface area contributed by atoms with Crippen LogP contribution in [0.25, 0.3) is 28.0 Å². The minimum absolute atomic E-state index is 0.395. The van der Waals surface area contributed by atoms with E-state index in [0.717, 1.165) is 46.0 Å². The number of methoxy groups -OCH3 is 1. The van der Waals surface area contributed by atoms with Gasteiger partial charge in [-0.05, 0) is 53.8 Å². The van der Waals surface area contributed by atoms with Gasteiger partial charge in [0.1, 0.15) is 11.3 Å². The van der Waals surface area contributed by atoms with Crippen LogP contribution >= 0.6 is 11.8 Å². The van der Waals surface area contributed by atoms with Crippen molar-refractivity contribution in [3.05, 3.63) is 94.1 Å². The van der Waals surface area contributed by atoms with Crippen molar-refractivity contribution >= 4 is 22.7 Å². The molecule has 7 nitrogen and oxygen atoms in total.